The van der Waals surface area contributed by atoms with Gasteiger partial charge in [0.15, 0.2) is 26.5 Å². The Kier molecular flexibility index (Phi) is 3.97. The van der Waals surface area contributed by atoms with Gasteiger partial charge in [-0.15, -0.1) is 0 Å². The fourth-order valence-corrected chi connectivity index (χ4v) is 2.54. The van der Waals surface area contributed by atoms with Gasteiger partial charge >= 0.3 is 0 Å². The maximum Gasteiger partial charge on any atom is 0.192 e. The molecule has 124 valence electrons. The van der Waals surface area contributed by atoms with Crippen LogP contribution in [0, 0.1) is 11.6 Å². The summed E-state index contributed by atoms with van der Waals surface area (Å²) < 4.78 is 51.5. The van der Waals surface area contributed by atoms with Crippen LogP contribution in [0.25, 0.3) is 5.69 Å². The van der Waals surface area contributed by atoms with Gasteiger partial charge in [-0.2, -0.15) is 5.10 Å². The second-order valence-corrected chi connectivity index (χ2v) is 6.85. The fourth-order valence-electron chi connectivity index (χ4n) is 1.98. The second kappa shape index (κ2) is 5.96. The summed E-state index contributed by atoms with van der Waals surface area (Å²) >= 11 is 0. The standard InChI is InChI=1S/C14H11F2N5O2S/c1-24(22,23)13-5-12(17-8-18-13)20-9-6-19-21(7-9)14-10(15)3-2-4-11(14)16/h2-8H,1H3,(H,17,18,20). The van der Waals surface area contributed by atoms with E-state index in [1.54, 1.807) is 0 Å². The Bertz CT molecular complexity index is 984. The van der Waals surface area contributed by atoms with Gasteiger partial charge in [0, 0.05) is 12.3 Å². The van der Waals surface area contributed by atoms with E-state index in [4.69, 9.17) is 0 Å². The first-order chi connectivity index (χ1) is 11.3. The molecule has 2 heterocycles. The number of hydrogen-bond donors (Lipinski definition) is 1. The first-order valence-corrected chi connectivity index (χ1v) is 8.52. The third kappa shape index (κ3) is 3.23. The van der Waals surface area contributed by atoms with Gasteiger partial charge in [0.25, 0.3) is 0 Å². The minimum atomic E-state index is -3.48. The van der Waals surface area contributed by atoms with Crippen LogP contribution in [0.1, 0.15) is 0 Å². The number of benzene rings is 1. The molecule has 0 spiro atoms. The van der Waals surface area contributed by atoms with Crippen LogP contribution in [0.15, 0.2) is 48.0 Å². The molecule has 0 saturated heterocycles. The highest BCUT2D eigenvalue weighted by Gasteiger charge is 2.13. The summed E-state index contributed by atoms with van der Waals surface area (Å²) in [5, 5.41) is 6.54. The lowest BCUT2D eigenvalue weighted by Gasteiger charge is -2.05. The van der Waals surface area contributed by atoms with Crippen molar-refractivity contribution >= 4 is 21.3 Å². The predicted molar refractivity (Wildman–Crippen MR) is 81.9 cm³/mol. The smallest absolute Gasteiger partial charge is 0.192 e. The molecule has 0 bridgehead atoms. The lowest BCUT2D eigenvalue weighted by Crippen LogP contribution is -2.03. The van der Waals surface area contributed by atoms with Crippen molar-refractivity contribution in [3.63, 3.8) is 0 Å². The molecular formula is C14H11F2N5O2S. The van der Waals surface area contributed by atoms with Crippen LogP contribution in [0.2, 0.25) is 0 Å². The number of halogens is 2. The number of hydrogen-bond acceptors (Lipinski definition) is 6. The molecule has 0 fully saturated rings. The monoisotopic (exact) mass is 351 g/mol. The van der Waals surface area contributed by atoms with Crippen molar-refractivity contribution in [2.75, 3.05) is 11.6 Å². The minimum Gasteiger partial charge on any atom is -0.338 e. The van der Waals surface area contributed by atoms with Crippen molar-refractivity contribution in [2.24, 2.45) is 0 Å². The molecule has 0 saturated carbocycles. The van der Waals surface area contributed by atoms with Crippen LogP contribution in [-0.2, 0) is 9.84 Å². The van der Waals surface area contributed by atoms with E-state index in [2.05, 4.69) is 20.4 Å². The van der Waals surface area contributed by atoms with Crippen LogP contribution >= 0.6 is 0 Å². The largest absolute Gasteiger partial charge is 0.338 e. The molecule has 0 atom stereocenters. The molecule has 7 nitrogen and oxygen atoms in total. The van der Waals surface area contributed by atoms with Gasteiger partial charge in [-0.3, -0.25) is 0 Å². The molecule has 0 aliphatic carbocycles. The Balaban J connectivity index is 1.90. The Morgan fingerprint density at radius 3 is 2.54 bits per heavy atom. The summed E-state index contributed by atoms with van der Waals surface area (Å²) in [6.07, 6.45) is 4.80. The quantitative estimate of drug-likeness (QED) is 0.724. The fraction of sp³-hybridized carbons (Fsp3) is 0.0714. The number of sulfone groups is 1. The Hall–Kier alpha value is -2.88. The number of nitrogens with one attached hydrogen (secondary N) is 1. The summed E-state index contributed by atoms with van der Waals surface area (Å²) in [6, 6.07) is 4.74. The Labute approximate surface area is 135 Å². The lowest BCUT2D eigenvalue weighted by molar-refractivity contribution is 0.560. The molecule has 2 aromatic heterocycles. The Morgan fingerprint density at radius 2 is 1.88 bits per heavy atom. The van der Waals surface area contributed by atoms with Crippen LogP contribution < -0.4 is 5.32 Å². The second-order valence-electron chi connectivity index (χ2n) is 4.88. The SMILES string of the molecule is CS(=O)(=O)c1cc(Nc2cnn(-c3c(F)cccc3F)c2)ncn1. The molecule has 1 N–H and O–H groups in total. The molecular weight excluding hydrogens is 340 g/mol. The normalized spacial score (nSPS) is 11.5. The molecule has 0 aliphatic heterocycles. The van der Waals surface area contributed by atoms with E-state index in [1.807, 2.05) is 0 Å². The van der Waals surface area contributed by atoms with Gasteiger partial charge in [0.05, 0.1) is 18.1 Å². The van der Waals surface area contributed by atoms with Crippen molar-refractivity contribution in [1.82, 2.24) is 19.7 Å². The molecule has 24 heavy (non-hydrogen) atoms. The molecule has 3 rings (SSSR count). The van der Waals surface area contributed by atoms with Gasteiger partial charge in [-0.05, 0) is 12.1 Å². The number of rotatable bonds is 4. The number of nitrogens with zero attached hydrogens (tertiary/aromatic N) is 4. The highest BCUT2D eigenvalue weighted by molar-refractivity contribution is 7.90. The van der Waals surface area contributed by atoms with Crippen LogP contribution in [0.4, 0.5) is 20.3 Å². The summed E-state index contributed by atoms with van der Waals surface area (Å²) in [7, 11) is -3.48. The maximum atomic E-state index is 13.7. The van der Waals surface area contributed by atoms with E-state index in [0.29, 0.717) is 5.69 Å². The number of anilines is 2. The first kappa shape index (κ1) is 16.0. The number of aromatic nitrogens is 4. The Morgan fingerprint density at radius 1 is 1.17 bits per heavy atom. The van der Waals surface area contributed by atoms with Crippen LogP contribution in [0.3, 0.4) is 0 Å². The average molecular weight is 351 g/mol. The van der Waals surface area contributed by atoms with Crippen molar-refractivity contribution in [2.45, 2.75) is 5.03 Å². The molecule has 0 radical (unpaired) electrons. The van der Waals surface area contributed by atoms with Gasteiger partial charge in [0.2, 0.25) is 0 Å². The van der Waals surface area contributed by atoms with Crippen LogP contribution in [-0.4, -0.2) is 34.4 Å². The van der Waals surface area contributed by atoms with Crippen molar-refractivity contribution < 1.29 is 17.2 Å². The van der Waals surface area contributed by atoms with Gasteiger partial charge < -0.3 is 5.32 Å². The highest BCUT2D eigenvalue weighted by atomic mass is 32.2. The average Bonchev–Trinajstić information content (AvgIpc) is 2.94. The van der Waals surface area contributed by atoms with Crippen LogP contribution in [0.5, 0.6) is 0 Å². The highest BCUT2D eigenvalue weighted by Crippen LogP contribution is 2.20. The van der Waals surface area contributed by atoms with Gasteiger partial charge in [-0.1, -0.05) is 6.07 Å². The zero-order valence-electron chi connectivity index (χ0n) is 12.3. The maximum absolute atomic E-state index is 13.7. The van der Waals surface area contributed by atoms with E-state index in [-0.39, 0.29) is 16.5 Å². The summed E-state index contributed by atoms with van der Waals surface area (Å²) in [5.41, 5.74) is 0.0564. The van der Waals surface area contributed by atoms with E-state index >= 15 is 0 Å². The van der Waals surface area contributed by atoms with Gasteiger partial charge in [-0.25, -0.2) is 31.8 Å². The zero-order valence-corrected chi connectivity index (χ0v) is 13.1. The van der Waals surface area contributed by atoms with E-state index < -0.39 is 21.5 Å². The van der Waals surface area contributed by atoms with Crippen molar-refractivity contribution in [1.29, 1.82) is 0 Å². The van der Waals surface area contributed by atoms with E-state index in [9.17, 15) is 17.2 Å². The van der Waals surface area contributed by atoms with Gasteiger partial charge in [0.1, 0.15) is 17.8 Å². The summed E-state index contributed by atoms with van der Waals surface area (Å²) in [6.45, 7) is 0. The third-order valence-corrected chi connectivity index (χ3v) is 4.03. The molecule has 1 aromatic carbocycles. The summed E-state index contributed by atoms with van der Waals surface area (Å²) in [4.78, 5) is 7.56. The van der Waals surface area contributed by atoms with E-state index in [1.165, 1.54) is 24.5 Å². The molecule has 0 aliphatic rings. The molecule has 0 amide bonds. The van der Waals surface area contributed by atoms with Crippen molar-refractivity contribution in [3.8, 4) is 5.69 Å². The third-order valence-electron chi connectivity index (χ3n) is 3.04. The lowest BCUT2D eigenvalue weighted by atomic mass is 10.3. The summed E-state index contributed by atoms with van der Waals surface area (Å²) in [5.74, 6) is -1.31. The topological polar surface area (TPSA) is 89.8 Å². The molecule has 10 heteroatoms. The zero-order chi connectivity index (χ0) is 17.3. The first-order valence-electron chi connectivity index (χ1n) is 6.63. The molecule has 0 unspecified atom stereocenters. The molecule has 3 aromatic rings. The van der Waals surface area contributed by atoms with E-state index in [0.717, 1.165) is 29.4 Å². The van der Waals surface area contributed by atoms with Crippen molar-refractivity contribution in [3.05, 3.63) is 54.6 Å². The minimum absolute atomic E-state index is 0.146. The predicted octanol–water partition coefficient (Wildman–Crippen LogP) is 2.09. The number of para-hydroxylation sites is 1.